The molecule has 0 aromatic rings. The molecule has 0 spiro atoms. The van der Waals surface area contributed by atoms with Gasteiger partial charge in [0.1, 0.15) is 5.60 Å². The molecule has 0 aromatic carbocycles. The first-order valence-electron chi connectivity index (χ1n) is 4.98. The fraction of sp³-hybridized carbons (Fsp3) is 0.667. The van der Waals surface area contributed by atoms with Crippen molar-refractivity contribution in [1.29, 1.82) is 0 Å². The molecular formula is C9H18N4O4. The molecule has 0 heterocycles. The highest BCUT2D eigenvalue weighted by Crippen LogP contribution is 2.05. The second kappa shape index (κ2) is 6.56. The molecule has 8 nitrogen and oxygen atoms in total. The van der Waals surface area contributed by atoms with Crippen LogP contribution in [0.5, 0.6) is 0 Å². The van der Waals surface area contributed by atoms with Gasteiger partial charge in [-0.1, -0.05) is 0 Å². The van der Waals surface area contributed by atoms with Gasteiger partial charge in [0.25, 0.3) is 0 Å². The van der Waals surface area contributed by atoms with E-state index in [9.17, 15) is 14.4 Å². The summed E-state index contributed by atoms with van der Waals surface area (Å²) in [6.45, 7) is 4.90. The fourth-order valence-electron chi connectivity index (χ4n) is 0.705. The molecule has 4 N–H and O–H groups in total. The highest BCUT2D eigenvalue weighted by molar-refractivity contribution is 5.84. The standard InChI is InChI=1S/C9H18N4O4/c1-9(2,3)17-8(16)13-12-7(15)11-5-6(14)10-4/h5H2,1-4H3,(H,10,14)(H,13,16)(H2,11,12,15). The van der Waals surface area contributed by atoms with Gasteiger partial charge in [0.05, 0.1) is 6.54 Å². The fourth-order valence-corrected chi connectivity index (χ4v) is 0.705. The van der Waals surface area contributed by atoms with Crippen LogP contribution in [0.15, 0.2) is 0 Å². The smallest absolute Gasteiger partial charge is 0.426 e. The molecule has 0 saturated heterocycles. The molecule has 0 aromatic heterocycles. The maximum Gasteiger partial charge on any atom is 0.426 e. The van der Waals surface area contributed by atoms with Crippen LogP contribution in [-0.2, 0) is 9.53 Å². The van der Waals surface area contributed by atoms with Crippen molar-refractivity contribution in [2.75, 3.05) is 13.6 Å². The number of urea groups is 1. The van der Waals surface area contributed by atoms with Crippen LogP contribution in [0, 0.1) is 0 Å². The Morgan fingerprint density at radius 3 is 2.18 bits per heavy atom. The average Bonchev–Trinajstić information content (AvgIpc) is 2.20. The van der Waals surface area contributed by atoms with Crippen LogP contribution in [0.4, 0.5) is 9.59 Å². The molecule has 0 aliphatic carbocycles. The highest BCUT2D eigenvalue weighted by atomic mass is 16.6. The molecule has 0 saturated carbocycles. The number of carbonyl (C=O) groups is 3. The monoisotopic (exact) mass is 246 g/mol. The number of hydrogen-bond acceptors (Lipinski definition) is 4. The van der Waals surface area contributed by atoms with Crippen molar-refractivity contribution in [3.63, 3.8) is 0 Å². The zero-order valence-corrected chi connectivity index (χ0v) is 10.3. The first kappa shape index (κ1) is 15.0. The van der Waals surface area contributed by atoms with Crippen LogP contribution in [0.1, 0.15) is 20.8 Å². The lowest BCUT2D eigenvalue weighted by Crippen LogP contribution is -2.50. The van der Waals surface area contributed by atoms with Gasteiger partial charge in [-0.25, -0.2) is 20.4 Å². The zero-order chi connectivity index (χ0) is 13.5. The second-order valence-corrected chi connectivity index (χ2v) is 4.11. The van der Waals surface area contributed by atoms with Gasteiger partial charge in [0.2, 0.25) is 5.91 Å². The van der Waals surface area contributed by atoms with Gasteiger partial charge in [-0.2, -0.15) is 0 Å². The minimum Gasteiger partial charge on any atom is -0.443 e. The Bertz CT molecular complexity index is 298. The topological polar surface area (TPSA) is 109 Å². The molecule has 0 bridgehead atoms. The summed E-state index contributed by atoms with van der Waals surface area (Å²) in [5.74, 6) is -0.350. The molecular weight excluding hydrogens is 228 g/mol. The molecule has 0 aliphatic heterocycles. The summed E-state index contributed by atoms with van der Waals surface area (Å²) >= 11 is 0. The van der Waals surface area contributed by atoms with Gasteiger partial charge in [-0.3, -0.25) is 4.79 Å². The van der Waals surface area contributed by atoms with Crippen LogP contribution in [0.3, 0.4) is 0 Å². The quantitative estimate of drug-likeness (QED) is 0.491. The lowest BCUT2D eigenvalue weighted by molar-refractivity contribution is -0.119. The average molecular weight is 246 g/mol. The Morgan fingerprint density at radius 2 is 1.71 bits per heavy atom. The van der Waals surface area contributed by atoms with Crippen molar-refractivity contribution < 1.29 is 19.1 Å². The molecule has 0 atom stereocenters. The zero-order valence-electron chi connectivity index (χ0n) is 10.3. The van der Waals surface area contributed by atoms with E-state index in [-0.39, 0.29) is 12.5 Å². The Kier molecular flexibility index (Phi) is 5.79. The number of amides is 4. The molecule has 17 heavy (non-hydrogen) atoms. The van der Waals surface area contributed by atoms with Gasteiger partial charge in [-0.15, -0.1) is 0 Å². The third-order valence-corrected chi connectivity index (χ3v) is 1.37. The van der Waals surface area contributed by atoms with E-state index in [4.69, 9.17) is 4.74 Å². The predicted octanol–water partition coefficient (Wildman–Crippen LogP) is -0.529. The number of likely N-dealkylation sites (N-methyl/N-ethyl adjacent to an activating group) is 1. The third-order valence-electron chi connectivity index (χ3n) is 1.37. The van der Waals surface area contributed by atoms with Gasteiger partial charge in [0, 0.05) is 7.05 Å². The Labute approximate surface area is 99.4 Å². The molecule has 98 valence electrons. The number of nitrogens with one attached hydrogen (secondary N) is 4. The van der Waals surface area contributed by atoms with Crippen molar-refractivity contribution in [2.24, 2.45) is 0 Å². The van der Waals surface area contributed by atoms with E-state index in [0.29, 0.717) is 0 Å². The van der Waals surface area contributed by atoms with Crippen molar-refractivity contribution in [1.82, 2.24) is 21.5 Å². The molecule has 0 unspecified atom stereocenters. The summed E-state index contributed by atoms with van der Waals surface area (Å²) in [5, 5.41) is 4.54. The molecule has 8 heteroatoms. The predicted molar refractivity (Wildman–Crippen MR) is 60.0 cm³/mol. The first-order chi connectivity index (χ1) is 7.74. The van der Waals surface area contributed by atoms with Crippen LogP contribution in [-0.4, -0.2) is 37.2 Å². The van der Waals surface area contributed by atoms with Crippen LogP contribution in [0.2, 0.25) is 0 Å². The van der Waals surface area contributed by atoms with E-state index in [1.54, 1.807) is 20.8 Å². The molecule has 0 radical (unpaired) electrons. The number of hydrazine groups is 1. The van der Waals surface area contributed by atoms with Crippen LogP contribution in [0.25, 0.3) is 0 Å². The normalized spacial score (nSPS) is 10.1. The van der Waals surface area contributed by atoms with Gasteiger partial charge < -0.3 is 15.4 Å². The summed E-state index contributed by atoms with van der Waals surface area (Å²) in [6.07, 6.45) is -0.785. The van der Waals surface area contributed by atoms with E-state index in [1.807, 2.05) is 10.9 Å². The van der Waals surface area contributed by atoms with Gasteiger partial charge in [-0.05, 0) is 20.8 Å². The van der Waals surface area contributed by atoms with Crippen molar-refractivity contribution in [3.05, 3.63) is 0 Å². The second-order valence-electron chi connectivity index (χ2n) is 4.11. The SMILES string of the molecule is CNC(=O)CNC(=O)NNC(=O)OC(C)(C)C. The van der Waals surface area contributed by atoms with E-state index in [2.05, 4.69) is 10.6 Å². The maximum absolute atomic E-state index is 11.1. The molecule has 0 fully saturated rings. The van der Waals surface area contributed by atoms with Crippen molar-refractivity contribution in [3.8, 4) is 0 Å². The molecule has 0 rings (SSSR count). The van der Waals surface area contributed by atoms with Gasteiger partial charge >= 0.3 is 12.1 Å². The summed E-state index contributed by atoms with van der Waals surface area (Å²) in [4.78, 5) is 32.9. The minimum absolute atomic E-state index is 0.182. The number of hydrogen-bond donors (Lipinski definition) is 4. The number of rotatable bonds is 2. The Balaban J connectivity index is 3.77. The number of ether oxygens (including phenoxy) is 1. The third kappa shape index (κ3) is 8.97. The summed E-state index contributed by atoms with van der Waals surface area (Å²) in [7, 11) is 1.45. The van der Waals surface area contributed by atoms with Crippen LogP contribution < -0.4 is 21.5 Å². The summed E-state index contributed by atoms with van der Waals surface area (Å²) in [6, 6.07) is -0.709. The largest absolute Gasteiger partial charge is 0.443 e. The summed E-state index contributed by atoms with van der Waals surface area (Å²) < 4.78 is 4.86. The van der Waals surface area contributed by atoms with E-state index in [0.717, 1.165) is 0 Å². The minimum atomic E-state index is -0.785. The van der Waals surface area contributed by atoms with E-state index >= 15 is 0 Å². The Hall–Kier alpha value is -1.99. The van der Waals surface area contributed by atoms with E-state index in [1.165, 1.54) is 7.05 Å². The lowest BCUT2D eigenvalue weighted by atomic mass is 10.2. The van der Waals surface area contributed by atoms with Crippen molar-refractivity contribution >= 4 is 18.0 Å². The summed E-state index contributed by atoms with van der Waals surface area (Å²) in [5.41, 5.74) is 3.41. The molecule has 4 amide bonds. The van der Waals surface area contributed by atoms with Crippen molar-refractivity contribution in [2.45, 2.75) is 26.4 Å². The lowest BCUT2D eigenvalue weighted by Gasteiger charge is -2.19. The first-order valence-corrected chi connectivity index (χ1v) is 4.98. The Morgan fingerprint density at radius 1 is 1.12 bits per heavy atom. The van der Waals surface area contributed by atoms with E-state index < -0.39 is 17.7 Å². The highest BCUT2D eigenvalue weighted by Gasteiger charge is 2.16. The van der Waals surface area contributed by atoms with Gasteiger partial charge in [0.15, 0.2) is 0 Å². The maximum atomic E-state index is 11.1. The molecule has 0 aliphatic rings. The van der Waals surface area contributed by atoms with Crippen LogP contribution >= 0.6 is 0 Å². The number of carbonyl (C=O) groups excluding carboxylic acids is 3.